The first kappa shape index (κ1) is 11.5. The minimum atomic E-state index is -0.726. The quantitative estimate of drug-likeness (QED) is 0.691. The molecule has 3 heteroatoms. The van der Waals surface area contributed by atoms with Crippen molar-refractivity contribution < 1.29 is 5.11 Å². The van der Waals surface area contributed by atoms with Crippen LogP contribution in [0.25, 0.3) is 0 Å². The van der Waals surface area contributed by atoms with Gasteiger partial charge in [0.1, 0.15) is 0 Å². The van der Waals surface area contributed by atoms with Crippen molar-refractivity contribution in [3.63, 3.8) is 0 Å². The molecule has 1 fully saturated rings. The zero-order valence-electron chi connectivity index (χ0n) is 9.38. The highest BCUT2D eigenvalue weighted by molar-refractivity contribution is 4.95. The lowest BCUT2D eigenvalue weighted by Crippen LogP contribution is -2.51. The number of rotatable bonds is 1. The maximum atomic E-state index is 10.0. The molecule has 14 heavy (non-hydrogen) atoms. The lowest BCUT2D eigenvalue weighted by Gasteiger charge is -2.43. The standard InChI is InChI=1S/C11H20N2O/c1-10(2,3)13-8-5-11(14,4-7-12)6-9-13/h14H,4-6,8-9H2,1-3H3. The van der Waals surface area contributed by atoms with E-state index in [0.29, 0.717) is 0 Å². The van der Waals surface area contributed by atoms with E-state index in [-0.39, 0.29) is 12.0 Å². The summed E-state index contributed by atoms with van der Waals surface area (Å²) in [7, 11) is 0. The van der Waals surface area contributed by atoms with Crippen molar-refractivity contribution in [2.75, 3.05) is 13.1 Å². The molecule has 0 aromatic heterocycles. The van der Waals surface area contributed by atoms with Crippen LogP contribution in [-0.4, -0.2) is 34.2 Å². The zero-order valence-corrected chi connectivity index (χ0v) is 9.38. The highest BCUT2D eigenvalue weighted by Crippen LogP contribution is 2.28. The first-order chi connectivity index (χ1) is 6.37. The molecule has 0 aliphatic carbocycles. The Labute approximate surface area is 86.3 Å². The number of aliphatic hydroxyl groups is 1. The second-order valence-electron chi connectivity index (χ2n) is 5.22. The largest absolute Gasteiger partial charge is 0.389 e. The average molecular weight is 196 g/mol. The van der Waals surface area contributed by atoms with E-state index in [9.17, 15) is 5.11 Å². The van der Waals surface area contributed by atoms with Crippen molar-refractivity contribution in [1.82, 2.24) is 4.90 Å². The molecule has 1 saturated heterocycles. The van der Waals surface area contributed by atoms with Gasteiger partial charge in [0.15, 0.2) is 0 Å². The molecule has 0 radical (unpaired) electrons. The van der Waals surface area contributed by atoms with Crippen LogP contribution in [0, 0.1) is 11.3 Å². The van der Waals surface area contributed by atoms with Crippen LogP contribution in [0.5, 0.6) is 0 Å². The van der Waals surface area contributed by atoms with Gasteiger partial charge >= 0.3 is 0 Å². The van der Waals surface area contributed by atoms with E-state index in [1.165, 1.54) is 0 Å². The molecule has 1 aliphatic rings. The van der Waals surface area contributed by atoms with Gasteiger partial charge in [0.05, 0.1) is 18.1 Å². The monoisotopic (exact) mass is 196 g/mol. The van der Waals surface area contributed by atoms with E-state index in [1.807, 2.05) is 0 Å². The Morgan fingerprint density at radius 2 is 1.86 bits per heavy atom. The molecule has 0 unspecified atom stereocenters. The van der Waals surface area contributed by atoms with Crippen LogP contribution in [0.2, 0.25) is 0 Å². The zero-order chi connectivity index (χ0) is 10.8. The van der Waals surface area contributed by atoms with Crippen molar-refractivity contribution in [3.05, 3.63) is 0 Å². The molecule has 0 aromatic rings. The summed E-state index contributed by atoms with van der Waals surface area (Å²) < 4.78 is 0. The second kappa shape index (κ2) is 3.88. The predicted octanol–water partition coefficient (Wildman–Crippen LogP) is 1.53. The number of nitriles is 1. The lowest BCUT2D eigenvalue weighted by atomic mass is 9.87. The van der Waals surface area contributed by atoms with E-state index >= 15 is 0 Å². The van der Waals surface area contributed by atoms with E-state index in [0.717, 1.165) is 25.9 Å². The molecule has 3 nitrogen and oxygen atoms in total. The van der Waals surface area contributed by atoms with Crippen molar-refractivity contribution in [1.29, 1.82) is 5.26 Å². The van der Waals surface area contributed by atoms with E-state index in [2.05, 4.69) is 31.7 Å². The molecule has 0 aromatic carbocycles. The van der Waals surface area contributed by atoms with Crippen LogP contribution >= 0.6 is 0 Å². The maximum absolute atomic E-state index is 10.0. The summed E-state index contributed by atoms with van der Waals surface area (Å²) in [6.45, 7) is 8.33. The fourth-order valence-electron chi connectivity index (χ4n) is 1.92. The Morgan fingerprint density at radius 1 is 1.36 bits per heavy atom. The summed E-state index contributed by atoms with van der Waals surface area (Å²) in [5.41, 5.74) is -0.551. The van der Waals surface area contributed by atoms with Crippen LogP contribution in [0.4, 0.5) is 0 Å². The molecule has 1 aliphatic heterocycles. The molecule has 1 N–H and O–H groups in total. The third-order valence-corrected chi connectivity index (χ3v) is 3.05. The molecule has 0 bridgehead atoms. The Balaban J connectivity index is 2.51. The normalized spacial score (nSPS) is 23.1. The Morgan fingerprint density at radius 3 is 2.21 bits per heavy atom. The molecular weight excluding hydrogens is 176 g/mol. The van der Waals surface area contributed by atoms with Crippen LogP contribution in [0.3, 0.4) is 0 Å². The van der Waals surface area contributed by atoms with E-state index in [1.54, 1.807) is 0 Å². The number of nitrogens with zero attached hydrogens (tertiary/aromatic N) is 2. The van der Waals surface area contributed by atoms with Crippen molar-refractivity contribution in [2.45, 2.75) is 51.2 Å². The van der Waals surface area contributed by atoms with Gasteiger partial charge in [-0.3, -0.25) is 4.90 Å². The molecule has 1 heterocycles. The lowest BCUT2D eigenvalue weighted by molar-refractivity contribution is -0.0382. The Bertz CT molecular complexity index is 229. The highest BCUT2D eigenvalue weighted by Gasteiger charge is 2.35. The summed E-state index contributed by atoms with van der Waals surface area (Å²) in [4.78, 5) is 2.36. The summed E-state index contributed by atoms with van der Waals surface area (Å²) in [6.07, 6.45) is 1.71. The first-order valence-corrected chi connectivity index (χ1v) is 5.22. The van der Waals surface area contributed by atoms with Gasteiger partial charge in [-0.25, -0.2) is 0 Å². The molecule has 0 spiro atoms. The average Bonchev–Trinajstić information content (AvgIpc) is 2.03. The summed E-state index contributed by atoms with van der Waals surface area (Å²) >= 11 is 0. The van der Waals surface area contributed by atoms with Gasteiger partial charge in [-0.15, -0.1) is 0 Å². The second-order valence-corrected chi connectivity index (χ2v) is 5.22. The fourth-order valence-corrected chi connectivity index (χ4v) is 1.92. The number of hydrogen-bond acceptors (Lipinski definition) is 3. The molecular formula is C11H20N2O. The predicted molar refractivity (Wildman–Crippen MR) is 55.7 cm³/mol. The van der Waals surface area contributed by atoms with Crippen LogP contribution < -0.4 is 0 Å². The Hall–Kier alpha value is -0.590. The maximum Gasteiger partial charge on any atom is 0.0801 e. The van der Waals surface area contributed by atoms with Crippen molar-refractivity contribution >= 4 is 0 Å². The van der Waals surface area contributed by atoms with Gasteiger partial charge in [-0.2, -0.15) is 5.26 Å². The van der Waals surface area contributed by atoms with Crippen LogP contribution in [-0.2, 0) is 0 Å². The van der Waals surface area contributed by atoms with Gasteiger partial charge in [0, 0.05) is 18.6 Å². The summed E-state index contributed by atoms with van der Waals surface area (Å²) in [6, 6.07) is 2.06. The summed E-state index contributed by atoms with van der Waals surface area (Å²) in [5.74, 6) is 0. The minimum absolute atomic E-state index is 0.175. The fraction of sp³-hybridized carbons (Fsp3) is 0.909. The van der Waals surface area contributed by atoms with Crippen molar-refractivity contribution in [2.24, 2.45) is 0 Å². The van der Waals surface area contributed by atoms with E-state index in [4.69, 9.17) is 5.26 Å². The molecule has 0 atom stereocenters. The highest BCUT2D eigenvalue weighted by atomic mass is 16.3. The van der Waals surface area contributed by atoms with Crippen LogP contribution in [0.1, 0.15) is 40.0 Å². The molecule has 0 saturated carbocycles. The third kappa shape index (κ3) is 2.70. The molecule has 1 rings (SSSR count). The van der Waals surface area contributed by atoms with Crippen molar-refractivity contribution in [3.8, 4) is 6.07 Å². The number of piperidine rings is 1. The first-order valence-electron chi connectivity index (χ1n) is 5.22. The van der Waals surface area contributed by atoms with E-state index < -0.39 is 5.60 Å². The van der Waals surface area contributed by atoms with Gasteiger partial charge in [0.25, 0.3) is 0 Å². The van der Waals surface area contributed by atoms with Gasteiger partial charge in [0.2, 0.25) is 0 Å². The topological polar surface area (TPSA) is 47.3 Å². The number of likely N-dealkylation sites (tertiary alicyclic amines) is 1. The van der Waals surface area contributed by atoms with Gasteiger partial charge < -0.3 is 5.11 Å². The SMILES string of the molecule is CC(C)(C)N1CCC(O)(CC#N)CC1. The van der Waals surface area contributed by atoms with Crippen LogP contribution in [0.15, 0.2) is 0 Å². The Kier molecular flexibility index (Phi) is 3.18. The third-order valence-electron chi connectivity index (χ3n) is 3.05. The van der Waals surface area contributed by atoms with Gasteiger partial charge in [-0.1, -0.05) is 0 Å². The summed E-state index contributed by atoms with van der Waals surface area (Å²) in [5, 5.41) is 18.6. The molecule has 0 amide bonds. The number of hydrogen-bond donors (Lipinski definition) is 1. The minimum Gasteiger partial charge on any atom is -0.389 e. The van der Waals surface area contributed by atoms with Gasteiger partial charge in [-0.05, 0) is 33.6 Å². The molecule has 80 valence electrons. The smallest absolute Gasteiger partial charge is 0.0801 e.